The van der Waals surface area contributed by atoms with E-state index in [9.17, 15) is 9.18 Å². The Hall–Kier alpha value is -3.15. The molecule has 0 radical (unpaired) electrons. The number of hydrogen-bond acceptors (Lipinski definition) is 3. The predicted octanol–water partition coefficient (Wildman–Crippen LogP) is 3.48. The molecule has 2 heterocycles. The number of ether oxygens (including phenoxy) is 1. The number of amides is 1. The number of hydrogen-bond donors (Lipinski definition) is 1. The van der Waals surface area contributed by atoms with Gasteiger partial charge in [0.25, 0.3) is 5.91 Å². The summed E-state index contributed by atoms with van der Waals surface area (Å²) in [6, 6.07) is 8.52. The van der Waals surface area contributed by atoms with Crippen molar-refractivity contribution < 1.29 is 13.9 Å². The maximum atomic E-state index is 13.6. The Kier molecular flexibility index (Phi) is 4.39. The molecule has 0 aliphatic carbocycles. The summed E-state index contributed by atoms with van der Waals surface area (Å²) in [7, 11) is 0. The number of carbonyl (C=O) groups is 1. The molecule has 1 aliphatic heterocycles. The van der Waals surface area contributed by atoms with Gasteiger partial charge in [-0.3, -0.25) is 4.79 Å². The Balaban J connectivity index is 1.90. The van der Waals surface area contributed by atoms with Crippen molar-refractivity contribution in [2.75, 3.05) is 13.2 Å². The quantitative estimate of drug-likeness (QED) is 0.773. The zero-order valence-electron chi connectivity index (χ0n) is 15.3. The molecule has 6 heteroatoms. The van der Waals surface area contributed by atoms with Crippen LogP contribution in [0.4, 0.5) is 4.39 Å². The maximum absolute atomic E-state index is 13.6. The monoisotopic (exact) mass is 365 g/mol. The van der Waals surface area contributed by atoms with Gasteiger partial charge in [0.15, 0.2) is 0 Å². The molecule has 0 unspecified atom stereocenters. The number of fused-ring (bicyclic) bond motifs is 1. The summed E-state index contributed by atoms with van der Waals surface area (Å²) in [5.41, 5.74) is 3.90. The minimum Gasteiger partial charge on any atom is -0.490 e. The molecule has 4 rings (SSSR count). The first kappa shape index (κ1) is 17.3. The van der Waals surface area contributed by atoms with Gasteiger partial charge in [-0.1, -0.05) is 6.07 Å². The van der Waals surface area contributed by atoms with E-state index < -0.39 is 0 Å². The van der Waals surface area contributed by atoms with Crippen LogP contribution in [0, 0.1) is 19.7 Å². The van der Waals surface area contributed by atoms with E-state index in [1.54, 1.807) is 12.3 Å². The van der Waals surface area contributed by atoms with Gasteiger partial charge in [-0.05, 0) is 54.8 Å². The van der Waals surface area contributed by atoms with Gasteiger partial charge in [0.05, 0.1) is 12.1 Å². The standard InChI is InChI=1S/C21H20FN3O2/c1-13-9-16(22)3-4-17(13)18-10-15(12-25-7-5-23-14(25)2)11-19-20(18)27-8-6-24-21(19)26/h3-5,7,9-11H,6,8,12H2,1-2H3,(H,24,26). The molecule has 1 aromatic heterocycles. The van der Waals surface area contributed by atoms with Crippen LogP contribution in [0.1, 0.15) is 27.3 Å². The van der Waals surface area contributed by atoms with E-state index in [-0.39, 0.29) is 11.7 Å². The molecule has 1 aliphatic rings. The Bertz CT molecular complexity index is 1030. The minimum absolute atomic E-state index is 0.160. The molecule has 138 valence electrons. The molecule has 0 saturated carbocycles. The summed E-state index contributed by atoms with van der Waals surface area (Å²) in [6.45, 7) is 5.22. The summed E-state index contributed by atoms with van der Waals surface area (Å²) in [6.07, 6.45) is 3.65. The molecule has 0 atom stereocenters. The number of halogens is 1. The van der Waals surface area contributed by atoms with Gasteiger partial charge in [-0.15, -0.1) is 0 Å². The lowest BCUT2D eigenvalue weighted by Crippen LogP contribution is -2.24. The lowest BCUT2D eigenvalue weighted by molar-refractivity contribution is 0.0957. The smallest absolute Gasteiger partial charge is 0.255 e. The number of nitrogens with zero attached hydrogens (tertiary/aromatic N) is 2. The number of carbonyl (C=O) groups excluding carboxylic acids is 1. The van der Waals surface area contributed by atoms with Gasteiger partial charge in [-0.25, -0.2) is 9.37 Å². The second-order valence-electron chi connectivity index (χ2n) is 6.69. The van der Waals surface area contributed by atoms with Crippen LogP contribution < -0.4 is 10.1 Å². The fraction of sp³-hybridized carbons (Fsp3) is 0.238. The number of benzene rings is 2. The molecule has 1 N–H and O–H groups in total. The number of rotatable bonds is 3. The summed E-state index contributed by atoms with van der Waals surface area (Å²) < 4.78 is 21.5. The Morgan fingerprint density at radius 1 is 1.19 bits per heavy atom. The van der Waals surface area contributed by atoms with Crippen molar-refractivity contribution in [3.63, 3.8) is 0 Å². The number of aromatic nitrogens is 2. The SMILES string of the molecule is Cc1cc(F)ccc1-c1cc(Cn2ccnc2C)cc2c1OCCNC2=O. The highest BCUT2D eigenvalue weighted by Gasteiger charge is 2.23. The molecule has 0 spiro atoms. The van der Waals surface area contributed by atoms with E-state index in [0.717, 1.165) is 28.1 Å². The third-order valence-electron chi connectivity index (χ3n) is 4.78. The van der Waals surface area contributed by atoms with Crippen LogP contribution in [-0.4, -0.2) is 28.6 Å². The first-order valence-electron chi connectivity index (χ1n) is 8.85. The minimum atomic E-state index is -0.286. The van der Waals surface area contributed by atoms with Crippen molar-refractivity contribution in [1.29, 1.82) is 0 Å². The maximum Gasteiger partial charge on any atom is 0.255 e. The lowest BCUT2D eigenvalue weighted by atomic mass is 9.94. The zero-order valence-corrected chi connectivity index (χ0v) is 15.3. The predicted molar refractivity (Wildman–Crippen MR) is 100 cm³/mol. The summed E-state index contributed by atoms with van der Waals surface area (Å²) in [4.78, 5) is 16.8. The fourth-order valence-electron chi connectivity index (χ4n) is 3.41. The van der Waals surface area contributed by atoms with Crippen LogP contribution in [-0.2, 0) is 6.54 Å². The van der Waals surface area contributed by atoms with Crippen LogP contribution in [0.25, 0.3) is 11.1 Å². The molecular weight excluding hydrogens is 345 g/mol. The zero-order chi connectivity index (χ0) is 19.0. The van der Waals surface area contributed by atoms with Crippen LogP contribution in [0.2, 0.25) is 0 Å². The van der Waals surface area contributed by atoms with Crippen LogP contribution in [0.3, 0.4) is 0 Å². The lowest BCUT2D eigenvalue weighted by Gasteiger charge is -2.17. The van der Waals surface area contributed by atoms with Crippen LogP contribution in [0.15, 0.2) is 42.7 Å². The number of nitrogens with one attached hydrogen (secondary N) is 1. The van der Waals surface area contributed by atoms with Crippen LogP contribution >= 0.6 is 0 Å². The molecular formula is C21H20FN3O2. The van der Waals surface area contributed by atoms with Crippen molar-refractivity contribution in [2.24, 2.45) is 0 Å². The molecule has 0 saturated heterocycles. The van der Waals surface area contributed by atoms with Gasteiger partial charge in [-0.2, -0.15) is 0 Å². The number of imidazole rings is 1. The third-order valence-corrected chi connectivity index (χ3v) is 4.78. The second kappa shape index (κ2) is 6.87. The van der Waals surface area contributed by atoms with Crippen molar-refractivity contribution in [3.05, 3.63) is 71.1 Å². The summed E-state index contributed by atoms with van der Waals surface area (Å²) in [5.74, 6) is 0.995. The van der Waals surface area contributed by atoms with Crippen molar-refractivity contribution in [3.8, 4) is 16.9 Å². The van der Waals surface area contributed by atoms with Crippen molar-refractivity contribution >= 4 is 5.91 Å². The third kappa shape index (κ3) is 3.30. The number of aryl methyl sites for hydroxylation is 2. The van der Waals surface area contributed by atoms with E-state index in [1.807, 2.05) is 36.7 Å². The van der Waals surface area contributed by atoms with E-state index in [0.29, 0.717) is 31.0 Å². The molecule has 3 aromatic rings. The van der Waals surface area contributed by atoms with Gasteiger partial charge in [0.2, 0.25) is 0 Å². The van der Waals surface area contributed by atoms with Crippen molar-refractivity contribution in [2.45, 2.75) is 20.4 Å². The molecule has 27 heavy (non-hydrogen) atoms. The largest absolute Gasteiger partial charge is 0.490 e. The molecule has 0 fully saturated rings. The Morgan fingerprint density at radius 3 is 2.74 bits per heavy atom. The molecule has 1 amide bonds. The second-order valence-corrected chi connectivity index (χ2v) is 6.69. The van der Waals surface area contributed by atoms with Crippen molar-refractivity contribution in [1.82, 2.24) is 14.9 Å². The van der Waals surface area contributed by atoms with Gasteiger partial charge in [0.1, 0.15) is 24.0 Å². The van der Waals surface area contributed by atoms with Crippen LogP contribution in [0.5, 0.6) is 5.75 Å². The van der Waals surface area contributed by atoms with E-state index >= 15 is 0 Å². The van der Waals surface area contributed by atoms with E-state index in [2.05, 4.69) is 10.3 Å². The van der Waals surface area contributed by atoms with E-state index in [1.165, 1.54) is 12.1 Å². The average Bonchev–Trinajstić information content (AvgIpc) is 2.93. The average molecular weight is 365 g/mol. The molecule has 0 bridgehead atoms. The topological polar surface area (TPSA) is 56.1 Å². The first-order valence-corrected chi connectivity index (χ1v) is 8.85. The van der Waals surface area contributed by atoms with Gasteiger partial charge >= 0.3 is 0 Å². The van der Waals surface area contributed by atoms with E-state index in [4.69, 9.17) is 4.74 Å². The summed E-state index contributed by atoms with van der Waals surface area (Å²) >= 11 is 0. The highest BCUT2D eigenvalue weighted by Crippen LogP contribution is 2.37. The Morgan fingerprint density at radius 2 is 2.00 bits per heavy atom. The molecule has 2 aromatic carbocycles. The highest BCUT2D eigenvalue weighted by molar-refractivity contribution is 6.00. The summed E-state index contributed by atoms with van der Waals surface area (Å²) in [5, 5.41) is 2.86. The van der Waals surface area contributed by atoms with Gasteiger partial charge in [0, 0.05) is 24.5 Å². The normalized spacial score (nSPS) is 13.5. The first-order chi connectivity index (χ1) is 13.0. The Labute approximate surface area is 156 Å². The van der Waals surface area contributed by atoms with Gasteiger partial charge < -0.3 is 14.6 Å². The highest BCUT2D eigenvalue weighted by atomic mass is 19.1. The molecule has 5 nitrogen and oxygen atoms in total. The fourth-order valence-corrected chi connectivity index (χ4v) is 3.41.